The zero-order valence-corrected chi connectivity index (χ0v) is 11.0. The third-order valence-electron chi connectivity index (χ3n) is 6.53. The van der Waals surface area contributed by atoms with Crippen LogP contribution in [0.5, 0.6) is 0 Å². The van der Waals surface area contributed by atoms with Crippen molar-refractivity contribution >= 4 is 5.78 Å². The maximum Gasteiger partial charge on any atom is 0.136 e. The second-order valence-electron chi connectivity index (χ2n) is 7.22. The molecule has 1 heteroatoms. The highest BCUT2D eigenvalue weighted by molar-refractivity contribution is 5.82. The number of hydrogen-bond donors (Lipinski definition) is 0. The summed E-state index contributed by atoms with van der Waals surface area (Å²) in [4.78, 5) is 11.9. The Morgan fingerprint density at radius 2 is 2.00 bits per heavy atom. The molecule has 3 aliphatic carbocycles. The molecule has 90 valence electrons. The minimum absolute atomic E-state index is 0.335. The number of carbonyl (C=O) groups excluding carboxylic acids is 1. The third kappa shape index (κ3) is 1.05. The minimum Gasteiger partial charge on any atom is -0.299 e. The summed E-state index contributed by atoms with van der Waals surface area (Å²) >= 11 is 0. The predicted molar refractivity (Wildman–Crippen MR) is 65.0 cm³/mol. The number of Topliss-reactive ketones (excluding diaryl/α,β-unsaturated/α-hetero) is 1. The molecule has 0 heterocycles. The van der Waals surface area contributed by atoms with Gasteiger partial charge < -0.3 is 0 Å². The molecule has 16 heavy (non-hydrogen) atoms. The first-order valence-corrected chi connectivity index (χ1v) is 6.94. The number of fused-ring (bicyclic) bond motifs is 3. The SMILES string of the molecule is CC(C)[C@]12C[C@@H]3[C@H](C)C(=O)CC[C@]3(C)[C@H]1C2. The number of rotatable bonds is 1. The van der Waals surface area contributed by atoms with Crippen LogP contribution in [-0.4, -0.2) is 5.78 Å². The van der Waals surface area contributed by atoms with Gasteiger partial charge in [0.15, 0.2) is 0 Å². The first-order chi connectivity index (χ1) is 7.42. The number of carbonyl (C=O) groups is 1. The molecule has 0 aliphatic heterocycles. The van der Waals surface area contributed by atoms with Crippen molar-refractivity contribution < 1.29 is 4.79 Å². The maximum atomic E-state index is 11.9. The minimum atomic E-state index is 0.335. The first kappa shape index (κ1) is 10.8. The van der Waals surface area contributed by atoms with E-state index in [-0.39, 0.29) is 0 Å². The largest absolute Gasteiger partial charge is 0.299 e. The van der Waals surface area contributed by atoms with E-state index in [0.717, 1.165) is 18.3 Å². The van der Waals surface area contributed by atoms with Crippen molar-refractivity contribution in [3.63, 3.8) is 0 Å². The molecule has 5 atom stereocenters. The van der Waals surface area contributed by atoms with E-state index in [1.807, 2.05) is 0 Å². The predicted octanol–water partition coefficient (Wildman–Crippen LogP) is 3.67. The van der Waals surface area contributed by atoms with Gasteiger partial charge in [-0.25, -0.2) is 0 Å². The molecule has 3 aliphatic rings. The molecule has 1 nitrogen and oxygen atoms in total. The summed E-state index contributed by atoms with van der Waals surface area (Å²) < 4.78 is 0. The molecule has 0 radical (unpaired) electrons. The van der Waals surface area contributed by atoms with Gasteiger partial charge in [0.1, 0.15) is 5.78 Å². The van der Waals surface area contributed by atoms with Gasteiger partial charge in [-0.2, -0.15) is 0 Å². The van der Waals surface area contributed by atoms with Crippen LogP contribution in [-0.2, 0) is 4.79 Å². The van der Waals surface area contributed by atoms with Gasteiger partial charge in [-0.05, 0) is 47.8 Å². The monoisotopic (exact) mass is 220 g/mol. The molecule has 0 saturated heterocycles. The summed E-state index contributed by atoms with van der Waals surface area (Å²) in [7, 11) is 0. The lowest BCUT2D eigenvalue weighted by Crippen LogP contribution is -2.39. The lowest BCUT2D eigenvalue weighted by atomic mass is 9.62. The van der Waals surface area contributed by atoms with Crippen molar-refractivity contribution in [2.45, 2.75) is 53.4 Å². The summed E-state index contributed by atoms with van der Waals surface area (Å²) in [5, 5.41) is 0. The molecule has 0 spiro atoms. The Bertz CT molecular complexity index is 345. The van der Waals surface area contributed by atoms with Crippen molar-refractivity contribution in [3.8, 4) is 0 Å². The fraction of sp³-hybridized carbons (Fsp3) is 0.933. The number of ketones is 1. The Balaban J connectivity index is 1.93. The lowest BCUT2D eigenvalue weighted by Gasteiger charge is -2.41. The molecule has 0 amide bonds. The average molecular weight is 220 g/mol. The van der Waals surface area contributed by atoms with Crippen LogP contribution in [0, 0.1) is 34.5 Å². The Labute approximate surface area is 99.0 Å². The Morgan fingerprint density at radius 3 is 2.62 bits per heavy atom. The summed E-state index contributed by atoms with van der Waals surface area (Å²) in [5.41, 5.74) is 1.12. The Morgan fingerprint density at radius 1 is 1.31 bits per heavy atom. The molecule has 0 aromatic heterocycles. The molecular formula is C15H24O. The number of hydrogen-bond acceptors (Lipinski definition) is 1. The van der Waals surface area contributed by atoms with Crippen molar-refractivity contribution in [1.82, 2.24) is 0 Å². The Kier molecular flexibility index (Phi) is 1.97. The third-order valence-corrected chi connectivity index (χ3v) is 6.53. The standard InChI is InChI=1S/C15H24O/c1-9(2)15-7-11-10(3)12(16)5-6-14(11,4)13(15)8-15/h9-11,13H,5-8H2,1-4H3/t10-,11+,13+,14-,15+/m0/s1. The first-order valence-electron chi connectivity index (χ1n) is 6.94. The molecule has 3 rings (SSSR count). The van der Waals surface area contributed by atoms with E-state index in [0.29, 0.717) is 28.4 Å². The van der Waals surface area contributed by atoms with Gasteiger partial charge in [0, 0.05) is 12.3 Å². The van der Waals surface area contributed by atoms with E-state index in [1.54, 1.807) is 0 Å². The topological polar surface area (TPSA) is 17.1 Å². The summed E-state index contributed by atoms with van der Waals surface area (Å²) in [5.74, 6) is 3.29. The van der Waals surface area contributed by atoms with E-state index in [1.165, 1.54) is 19.3 Å². The van der Waals surface area contributed by atoms with Gasteiger partial charge in [-0.15, -0.1) is 0 Å². The van der Waals surface area contributed by atoms with Gasteiger partial charge in [0.25, 0.3) is 0 Å². The van der Waals surface area contributed by atoms with Crippen molar-refractivity contribution in [1.29, 1.82) is 0 Å². The van der Waals surface area contributed by atoms with E-state index in [9.17, 15) is 4.79 Å². The molecule has 3 saturated carbocycles. The van der Waals surface area contributed by atoms with Crippen LogP contribution < -0.4 is 0 Å². The molecule has 0 aromatic rings. The van der Waals surface area contributed by atoms with Gasteiger partial charge in [-0.1, -0.05) is 27.7 Å². The van der Waals surface area contributed by atoms with Crippen LogP contribution >= 0.6 is 0 Å². The van der Waals surface area contributed by atoms with E-state index in [2.05, 4.69) is 27.7 Å². The van der Waals surface area contributed by atoms with Crippen LogP contribution in [0.4, 0.5) is 0 Å². The fourth-order valence-electron chi connectivity index (χ4n) is 5.16. The van der Waals surface area contributed by atoms with Crippen LogP contribution in [0.3, 0.4) is 0 Å². The highest BCUT2D eigenvalue weighted by Crippen LogP contribution is 2.78. The summed E-state index contributed by atoms with van der Waals surface area (Å²) in [6.07, 6.45) is 4.79. The molecule has 0 N–H and O–H groups in total. The van der Waals surface area contributed by atoms with Crippen molar-refractivity contribution in [3.05, 3.63) is 0 Å². The lowest BCUT2D eigenvalue weighted by molar-refractivity contribution is -0.130. The van der Waals surface area contributed by atoms with Gasteiger partial charge in [-0.3, -0.25) is 4.79 Å². The average Bonchev–Trinajstić information content (AvgIpc) is 2.91. The quantitative estimate of drug-likeness (QED) is 0.659. The smallest absolute Gasteiger partial charge is 0.136 e. The summed E-state index contributed by atoms with van der Waals surface area (Å²) in [6.45, 7) is 9.42. The second-order valence-corrected chi connectivity index (χ2v) is 7.22. The van der Waals surface area contributed by atoms with Gasteiger partial charge in [0.05, 0.1) is 0 Å². The zero-order chi connectivity index (χ0) is 11.7. The molecular weight excluding hydrogens is 196 g/mol. The van der Waals surface area contributed by atoms with Crippen molar-refractivity contribution in [2.75, 3.05) is 0 Å². The van der Waals surface area contributed by atoms with Crippen LogP contribution in [0.2, 0.25) is 0 Å². The van der Waals surface area contributed by atoms with Crippen LogP contribution in [0.15, 0.2) is 0 Å². The fourth-order valence-corrected chi connectivity index (χ4v) is 5.16. The summed E-state index contributed by atoms with van der Waals surface area (Å²) in [6, 6.07) is 0. The molecule has 3 fully saturated rings. The van der Waals surface area contributed by atoms with Crippen molar-refractivity contribution in [2.24, 2.45) is 34.5 Å². The second kappa shape index (κ2) is 2.91. The maximum absolute atomic E-state index is 11.9. The van der Waals surface area contributed by atoms with Crippen LogP contribution in [0.25, 0.3) is 0 Å². The van der Waals surface area contributed by atoms with E-state index < -0.39 is 0 Å². The molecule has 0 aromatic carbocycles. The molecule has 0 bridgehead atoms. The highest BCUT2D eigenvalue weighted by Gasteiger charge is 2.72. The Hall–Kier alpha value is -0.330. The van der Waals surface area contributed by atoms with E-state index >= 15 is 0 Å². The van der Waals surface area contributed by atoms with Gasteiger partial charge in [0.2, 0.25) is 0 Å². The zero-order valence-electron chi connectivity index (χ0n) is 11.0. The van der Waals surface area contributed by atoms with Gasteiger partial charge >= 0.3 is 0 Å². The normalized spacial score (nSPS) is 55.1. The van der Waals surface area contributed by atoms with E-state index in [4.69, 9.17) is 0 Å². The van der Waals surface area contributed by atoms with Crippen LogP contribution in [0.1, 0.15) is 53.4 Å². The highest BCUT2D eigenvalue weighted by atomic mass is 16.1. The molecule has 0 unspecified atom stereocenters.